The van der Waals surface area contributed by atoms with Gasteiger partial charge in [-0.05, 0) is 19.3 Å². The molecule has 0 spiro atoms. The van der Waals surface area contributed by atoms with Gasteiger partial charge in [0.25, 0.3) is 0 Å². The van der Waals surface area contributed by atoms with E-state index in [1.54, 1.807) is 11.8 Å². The van der Waals surface area contributed by atoms with E-state index in [2.05, 4.69) is 11.2 Å². The van der Waals surface area contributed by atoms with Crippen molar-refractivity contribution in [3.63, 3.8) is 0 Å². The Morgan fingerprint density at radius 2 is 2.12 bits per heavy atom. The molecule has 1 N–H and O–H groups in total. The highest BCUT2D eigenvalue weighted by Gasteiger charge is 2.38. The number of carbonyl (C=O) groups is 2. The Bertz CT molecular complexity index is 344. The number of nitrogens with zero attached hydrogens (tertiary/aromatic N) is 1. The number of hydrogen-bond acceptors (Lipinski definition) is 2. The van der Waals surface area contributed by atoms with E-state index < -0.39 is 12.1 Å². The first kappa shape index (κ1) is 13.6. The van der Waals surface area contributed by atoms with Crippen LogP contribution in [0.25, 0.3) is 0 Å². The topological polar surface area (TPSA) is 49.4 Å². The van der Waals surface area contributed by atoms with Crippen molar-refractivity contribution in [1.82, 2.24) is 10.2 Å². The Morgan fingerprint density at radius 1 is 1.47 bits per heavy atom. The van der Waals surface area contributed by atoms with E-state index in [4.69, 9.17) is 6.42 Å². The maximum Gasteiger partial charge on any atom is 0.246 e. The second-order valence-corrected chi connectivity index (χ2v) is 4.75. The third-order valence-corrected chi connectivity index (χ3v) is 3.08. The van der Waals surface area contributed by atoms with E-state index >= 15 is 0 Å². The van der Waals surface area contributed by atoms with Crippen molar-refractivity contribution in [2.75, 3.05) is 6.54 Å². The number of hydrogen-bond donors (Lipinski definition) is 1. The number of nitrogens with one attached hydrogen (secondary N) is 1. The van der Waals surface area contributed by atoms with Crippen LogP contribution in [0.4, 0.5) is 0 Å². The molecule has 0 bridgehead atoms. The summed E-state index contributed by atoms with van der Waals surface area (Å²) < 4.78 is 0. The van der Waals surface area contributed by atoms with Crippen LogP contribution in [0.1, 0.15) is 33.6 Å². The molecular weight excluding hydrogens is 216 g/mol. The molecule has 2 unspecified atom stereocenters. The van der Waals surface area contributed by atoms with E-state index in [0.717, 1.165) is 6.42 Å². The van der Waals surface area contributed by atoms with Gasteiger partial charge < -0.3 is 10.2 Å². The Labute approximate surface area is 103 Å². The van der Waals surface area contributed by atoms with Crippen molar-refractivity contribution >= 4 is 11.8 Å². The maximum atomic E-state index is 12.2. The summed E-state index contributed by atoms with van der Waals surface area (Å²) in [5.41, 5.74) is 0. The summed E-state index contributed by atoms with van der Waals surface area (Å²) in [5, 5.41) is 2.77. The lowest BCUT2D eigenvalue weighted by atomic mass is 9.98. The minimum atomic E-state index is -0.399. The number of unbranched alkanes of at least 4 members (excludes halogenated alkanes) is 1. The van der Waals surface area contributed by atoms with Gasteiger partial charge in [-0.3, -0.25) is 9.59 Å². The number of carbonyl (C=O) groups excluding carboxylic acids is 2. The van der Waals surface area contributed by atoms with Crippen LogP contribution in [-0.2, 0) is 9.59 Å². The molecule has 1 aliphatic heterocycles. The minimum absolute atomic E-state index is 0.00382. The second-order valence-electron chi connectivity index (χ2n) is 4.75. The van der Waals surface area contributed by atoms with E-state index in [9.17, 15) is 9.59 Å². The molecule has 0 aromatic carbocycles. The molecule has 1 fully saturated rings. The molecule has 17 heavy (non-hydrogen) atoms. The lowest BCUT2D eigenvalue weighted by Crippen LogP contribution is -2.63. The summed E-state index contributed by atoms with van der Waals surface area (Å²) in [5.74, 6) is 2.57. The summed E-state index contributed by atoms with van der Waals surface area (Å²) in [4.78, 5) is 25.6. The summed E-state index contributed by atoms with van der Waals surface area (Å²) in [6.07, 6.45) is 6.55. The van der Waals surface area contributed by atoms with E-state index in [0.29, 0.717) is 13.0 Å². The Hall–Kier alpha value is -1.50. The van der Waals surface area contributed by atoms with Gasteiger partial charge in [0.1, 0.15) is 12.1 Å². The average molecular weight is 236 g/mol. The Kier molecular flexibility index (Phi) is 4.56. The molecule has 1 rings (SSSR count). The van der Waals surface area contributed by atoms with Gasteiger partial charge >= 0.3 is 0 Å². The smallest absolute Gasteiger partial charge is 0.246 e. The highest BCUT2D eigenvalue weighted by Crippen LogP contribution is 2.15. The Balaban J connectivity index is 2.74. The molecule has 0 saturated carbocycles. The molecular formula is C13H20N2O2. The maximum absolute atomic E-state index is 12.2. The first-order valence-corrected chi connectivity index (χ1v) is 6.03. The molecule has 4 heteroatoms. The summed E-state index contributed by atoms with van der Waals surface area (Å²) >= 11 is 0. The van der Waals surface area contributed by atoms with Crippen LogP contribution in [0.5, 0.6) is 0 Å². The van der Waals surface area contributed by atoms with Gasteiger partial charge in [-0.2, -0.15) is 0 Å². The van der Waals surface area contributed by atoms with Gasteiger partial charge in [-0.25, -0.2) is 0 Å². The molecule has 1 aliphatic rings. The second kappa shape index (κ2) is 5.72. The van der Waals surface area contributed by atoms with Crippen molar-refractivity contribution in [1.29, 1.82) is 0 Å². The lowest BCUT2D eigenvalue weighted by molar-refractivity contribution is -0.149. The van der Waals surface area contributed by atoms with Crippen molar-refractivity contribution in [2.24, 2.45) is 5.92 Å². The fourth-order valence-electron chi connectivity index (χ4n) is 1.95. The molecule has 94 valence electrons. The zero-order valence-electron chi connectivity index (χ0n) is 10.7. The van der Waals surface area contributed by atoms with E-state index in [1.165, 1.54) is 0 Å². The van der Waals surface area contributed by atoms with Crippen LogP contribution >= 0.6 is 0 Å². The highest BCUT2D eigenvalue weighted by atomic mass is 16.2. The van der Waals surface area contributed by atoms with Crippen molar-refractivity contribution < 1.29 is 9.59 Å². The predicted molar refractivity (Wildman–Crippen MR) is 66.0 cm³/mol. The zero-order valence-corrected chi connectivity index (χ0v) is 10.7. The van der Waals surface area contributed by atoms with Crippen molar-refractivity contribution in [3.05, 3.63) is 0 Å². The average Bonchev–Trinajstić information content (AvgIpc) is 2.28. The zero-order chi connectivity index (χ0) is 13.0. The molecule has 0 aliphatic carbocycles. The molecule has 2 amide bonds. The molecule has 0 radical (unpaired) electrons. The first-order chi connectivity index (χ1) is 7.99. The molecule has 4 nitrogen and oxygen atoms in total. The summed E-state index contributed by atoms with van der Waals surface area (Å²) in [6, 6.07) is -0.792. The summed E-state index contributed by atoms with van der Waals surface area (Å²) in [6.45, 7) is 6.16. The van der Waals surface area contributed by atoms with Gasteiger partial charge in [0.05, 0.1) is 0 Å². The Morgan fingerprint density at radius 3 is 2.65 bits per heavy atom. The van der Waals surface area contributed by atoms with E-state index in [1.807, 2.05) is 13.8 Å². The molecule has 1 saturated heterocycles. The normalized spacial score (nSPS) is 24.8. The lowest BCUT2D eigenvalue weighted by Gasteiger charge is -2.38. The van der Waals surface area contributed by atoms with Crippen LogP contribution in [0, 0.1) is 18.3 Å². The van der Waals surface area contributed by atoms with Gasteiger partial charge in [-0.15, -0.1) is 12.3 Å². The van der Waals surface area contributed by atoms with Crippen LogP contribution in [-0.4, -0.2) is 35.3 Å². The minimum Gasteiger partial charge on any atom is -0.342 e. The fourth-order valence-corrected chi connectivity index (χ4v) is 1.95. The van der Waals surface area contributed by atoms with Crippen molar-refractivity contribution in [3.8, 4) is 12.3 Å². The number of terminal acetylenes is 1. The monoisotopic (exact) mass is 236 g/mol. The van der Waals surface area contributed by atoms with Crippen LogP contribution in [0.15, 0.2) is 0 Å². The van der Waals surface area contributed by atoms with Gasteiger partial charge in [0, 0.05) is 13.0 Å². The first-order valence-electron chi connectivity index (χ1n) is 6.03. The third-order valence-electron chi connectivity index (χ3n) is 3.08. The van der Waals surface area contributed by atoms with Gasteiger partial charge in [-0.1, -0.05) is 13.8 Å². The van der Waals surface area contributed by atoms with Gasteiger partial charge in [0.15, 0.2) is 0 Å². The summed E-state index contributed by atoms with van der Waals surface area (Å²) in [7, 11) is 0. The van der Waals surface area contributed by atoms with Crippen LogP contribution in [0.3, 0.4) is 0 Å². The SMILES string of the molecule is C#CCCCN1C(=O)C(C(C)C)NC(=O)C1C. The molecule has 0 aromatic heterocycles. The quantitative estimate of drug-likeness (QED) is 0.579. The van der Waals surface area contributed by atoms with Crippen LogP contribution in [0.2, 0.25) is 0 Å². The molecule has 1 heterocycles. The van der Waals surface area contributed by atoms with Crippen LogP contribution < -0.4 is 5.32 Å². The largest absolute Gasteiger partial charge is 0.342 e. The molecule has 0 aromatic rings. The van der Waals surface area contributed by atoms with E-state index in [-0.39, 0.29) is 17.7 Å². The third kappa shape index (κ3) is 3.00. The molecule has 2 atom stereocenters. The number of amides is 2. The highest BCUT2D eigenvalue weighted by molar-refractivity contribution is 5.96. The standard InChI is InChI=1S/C13H20N2O2/c1-5-6-7-8-15-10(4)12(16)14-11(9(2)3)13(15)17/h1,9-11H,6-8H2,2-4H3,(H,14,16). The fraction of sp³-hybridized carbons (Fsp3) is 0.692. The van der Waals surface area contributed by atoms with Crippen molar-refractivity contribution in [2.45, 2.75) is 45.7 Å². The number of piperazine rings is 1. The number of rotatable bonds is 4. The van der Waals surface area contributed by atoms with Gasteiger partial charge in [0.2, 0.25) is 11.8 Å². The predicted octanol–water partition coefficient (Wildman–Crippen LogP) is 0.771.